The van der Waals surface area contributed by atoms with Gasteiger partial charge in [-0.3, -0.25) is 9.36 Å². The van der Waals surface area contributed by atoms with Crippen LogP contribution in [0.15, 0.2) is 70.4 Å². The molecule has 0 saturated heterocycles. The van der Waals surface area contributed by atoms with Crippen LogP contribution in [0, 0.1) is 13.8 Å². The van der Waals surface area contributed by atoms with Crippen LogP contribution in [0.25, 0.3) is 0 Å². The summed E-state index contributed by atoms with van der Waals surface area (Å²) in [7, 11) is 0. The Kier molecular flexibility index (Phi) is 6.90. The largest absolute Gasteiger partial charge is 0.485 e. The number of thioether (sulfide) groups is 1. The van der Waals surface area contributed by atoms with Gasteiger partial charge < -0.3 is 14.1 Å². The number of benzene rings is 2. The van der Waals surface area contributed by atoms with Crippen molar-refractivity contribution in [2.75, 3.05) is 17.2 Å². The lowest BCUT2D eigenvalue weighted by Gasteiger charge is -2.29. The zero-order valence-electron chi connectivity index (χ0n) is 19.9. The Morgan fingerprint density at radius 1 is 1.09 bits per heavy atom. The van der Waals surface area contributed by atoms with Crippen molar-refractivity contribution in [3.63, 3.8) is 0 Å². The normalized spacial score (nSPS) is 13.0. The molecule has 0 saturated carbocycles. The van der Waals surface area contributed by atoms with Gasteiger partial charge >= 0.3 is 0 Å². The number of furan rings is 1. The van der Waals surface area contributed by atoms with Crippen molar-refractivity contribution in [1.82, 2.24) is 14.8 Å². The van der Waals surface area contributed by atoms with Crippen molar-refractivity contribution >= 4 is 23.4 Å². The van der Waals surface area contributed by atoms with Crippen LogP contribution < -0.4 is 9.64 Å². The second kappa shape index (κ2) is 10.4. The molecule has 4 aromatic rings. The van der Waals surface area contributed by atoms with Gasteiger partial charge in [-0.2, -0.15) is 0 Å². The van der Waals surface area contributed by atoms with Crippen molar-refractivity contribution in [2.24, 2.45) is 0 Å². The summed E-state index contributed by atoms with van der Waals surface area (Å²) in [5.74, 6) is 2.65. The zero-order chi connectivity index (χ0) is 24.2. The number of nitrogens with zero attached hydrogens (tertiary/aromatic N) is 4. The number of anilines is 1. The van der Waals surface area contributed by atoms with E-state index in [2.05, 4.69) is 29.3 Å². The predicted octanol–water partition coefficient (Wildman–Crippen LogP) is 5.19. The number of hydrogen-bond acceptors (Lipinski definition) is 6. The summed E-state index contributed by atoms with van der Waals surface area (Å²) >= 11 is 1.39. The third kappa shape index (κ3) is 5.12. The molecule has 7 nitrogen and oxygen atoms in total. The first-order valence-electron chi connectivity index (χ1n) is 11.7. The molecule has 0 radical (unpaired) electrons. The zero-order valence-corrected chi connectivity index (χ0v) is 20.8. The van der Waals surface area contributed by atoms with Gasteiger partial charge in [-0.15, -0.1) is 10.2 Å². The molecule has 1 amide bonds. The Morgan fingerprint density at radius 3 is 2.83 bits per heavy atom. The van der Waals surface area contributed by atoms with Gasteiger partial charge in [0, 0.05) is 12.2 Å². The predicted molar refractivity (Wildman–Crippen MR) is 136 cm³/mol. The monoisotopic (exact) mass is 488 g/mol. The number of para-hydroxylation sites is 1. The van der Waals surface area contributed by atoms with E-state index in [1.807, 2.05) is 58.9 Å². The van der Waals surface area contributed by atoms with E-state index in [1.165, 1.54) is 22.9 Å². The number of aryl methyl sites for hydroxylation is 2. The van der Waals surface area contributed by atoms with Crippen molar-refractivity contribution in [3.8, 4) is 5.75 Å². The summed E-state index contributed by atoms with van der Waals surface area (Å²) in [5, 5.41) is 9.45. The van der Waals surface area contributed by atoms with Crippen LogP contribution in [0.3, 0.4) is 0 Å². The van der Waals surface area contributed by atoms with Crippen LogP contribution in [-0.4, -0.2) is 33.0 Å². The Morgan fingerprint density at radius 2 is 1.97 bits per heavy atom. The molecule has 0 aliphatic carbocycles. The topological polar surface area (TPSA) is 73.4 Å². The maximum absolute atomic E-state index is 13.2. The number of carbonyl (C=O) groups is 1. The van der Waals surface area contributed by atoms with E-state index in [4.69, 9.17) is 9.15 Å². The second-order valence-electron chi connectivity index (χ2n) is 8.62. The van der Waals surface area contributed by atoms with Crippen molar-refractivity contribution in [3.05, 3.63) is 89.1 Å². The Balaban J connectivity index is 1.32. The van der Waals surface area contributed by atoms with Gasteiger partial charge in [0.25, 0.3) is 0 Å². The first kappa shape index (κ1) is 23.2. The molecule has 0 atom stereocenters. The fourth-order valence-electron chi connectivity index (χ4n) is 4.27. The van der Waals surface area contributed by atoms with Crippen LogP contribution >= 0.6 is 11.8 Å². The Labute approximate surface area is 209 Å². The molecule has 0 bridgehead atoms. The molecule has 0 fully saturated rings. The highest BCUT2D eigenvalue weighted by Crippen LogP contribution is 2.29. The molecule has 0 spiro atoms. The maximum atomic E-state index is 13.2. The SMILES string of the molecule is Cc1cccc(OCc2nnc(SCC(=O)N3CCCc4ccccc43)n2Cc2ccco2)c1C. The summed E-state index contributed by atoms with van der Waals surface area (Å²) in [6.45, 7) is 5.59. The molecule has 1 aliphatic heterocycles. The van der Waals surface area contributed by atoms with E-state index in [1.54, 1.807) is 6.26 Å². The van der Waals surface area contributed by atoms with Crippen LogP contribution in [0.1, 0.15) is 34.7 Å². The van der Waals surface area contributed by atoms with Gasteiger partial charge in [-0.05, 0) is 67.6 Å². The lowest BCUT2D eigenvalue weighted by atomic mass is 10.0. The third-order valence-corrected chi connectivity index (χ3v) is 7.29. The molecule has 0 N–H and O–H groups in total. The fraction of sp³-hybridized carbons (Fsp3) is 0.296. The smallest absolute Gasteiger partial charge is 0.237 e. The van der Waals surface area contributed by atoms with Gasteiger partial charge in [0.15, 0.2) is 11.0 Å². The molecule has 180 valence electrons. The van der Waals surface area contributed by atoms with Gasteiger partial charge in [0.2, 0.25) is 5.91 Å². The highest BCUT2D eigenvalue weighted by molar-refractivity contribution is 7.99. The van der Waals surface area contributed by atoms with Gasteiger partial charge in [0.05, 0.1) is 18.6 Å². The minimum Gasteiger partial charge on any atom is -0.485 e. The summed E-state index contributed by atoms with van der Waals surface area (Å²) < 4.78 is 13.6. The summed E-state index contributed by atoms with van der Waals surface area (Å²) in [6.07, 6.45) is 3.63. The molecule has 35 heavy (non-hydrogen) atoms. The number of amides is 1. The van der Waals surface area contributed by atoms with E-state index in [0.717, 1.165) is 42.1 Å². The summed E-state index contributed by atoms with van der Waals surface area (Å²) in [5.41, 5.74) is 4.52. The Hall–Kier alpha value is -3.52. The van der Waals surface area contributed by atoms with E-state index < -0.39 is 0 Å². The standard InChI is InChI=1S/C27H28N4O3S/c1-19-8-5-13-24(20(19)2)34-17-25-28-29-27(31(25)16-22-11-7-15-33-22)35-18-26(32)30-14-6-10-21-9-3-4-12-23(21)30/h3-5,7-9,11-13,15H,6,10,14,16-18H2,1-2H3. The second-order valence-corrected chi connectivity index (χ2v) is 9.56. The van der Waals surface area contributed by atoms with Crippen molar-refractivity contribution in [1.29, 1.82) is 0 Å². The molecule has 2 aromatic heterocycles. The molecule has 5 rings (SSSR count). The molecule has 1 aliphatic rings. The van der Waals surface area contributed by atoms with Gasteiger partial charge in [0.1, 0.15) is 18.1 Å². The number of fused-ring (bicyclic) bond motifs is 1. The van der Waals surface area contributed by atoms with Gasteiger partial charge in [-0.1, -0.05) is 42.1 Å². The molecule has 2 aromatic carbocycles. The van der Waals surface area contributed by atoms with E-state index >= 15 is 0 Å². The van der Waals surface area contributed by atoms with Crippen LogP contribution in [0.5, 0.6) is 5.75 Å². The third-order valence-electron chi connectivity index (χ3n) is 6.34. The van der Waals surface area contributed by atoms with Crippen LogP contribution in [0.4, 0.5) is 5.69 Å². The van der Waals surface area contributed by atoms with Crippen molar-refractivity contribution in [2.45, 2.75) is 45.0 Å². The minimum atomic E-state index is 0.0721. The molecular formula is C27H28N4O3S. The number of aromatic nitrogens is 3. The quantitative estimate of drug-likeness (QED) is 0.318. The first-order chi connectivity index (χ1) is 17.1. The maximum Gasteiger partial charge on any atom is 0.237 e. The fourth-order valence-corrected chi connectivity index (χ4v) is 5.10. The van der Waals surface area contributed by atoms with Crippen molar-refractivity contribution < 1.29 is 13.9 Å². The summed E-state index contributed by atoms with van der Waals surface area (Å²) in [4.78, 5) is 15.0. The number of hydrogen-bond donors (Lipinski definition) is 0. The Bertz CT molecular complexity index is 1320. The molecular weight excluding hydrogens is 460 g/mol. The van der Waals surface area contributed by atoms with Gasteiger partial charge in [-0.25, -0.2) is 0 Å². The van der Waals surface area contributed by atoms with E-state index in [0.29, 0.717) is 17.5 Å². The highest BCUT2D eigenvalue weighted by atomic mass is 32.2. The average Bonchev–Trinajstić information content (AvgIpc) is 3.53. The molecule has 3 heterocycles. The molecule has 0 unspecified atom stereocenters. The average molecular weight is 489 g/mol. The lowest BCUT2D eigenvalue weighted by Crippen LogP contribution is -2.36. The van der Waals surface area contributed by atoms with Crippen LogP contribution in [-0.2, 0) is 24.4 Å². The number of rotatable bonds is 8. The highest BCUT2D eigenvalue weighted by Gasteiger charge is 2.23. The number of ether oxygens (including phenoxy) is 1. The van der Waals surface area contributed by atoms with Crippen LogP contribution in [0.2, 0.25) is 0 Å². The number of carbonyl (C=O) groups excluding carboxylic acids is 1. The van der Waals surface area contributed by atoms with E-state index in [-0.39, 0.29) is 18.3 Å². The molecule has 8 heteroatoms. The minimum absolute atomic E-state index is 0.0721. The van der Waals surface area contributed by atoms with E-state index in [9.17, 15) is 4.79 Å². The first-order valence-corrected chi connectivity index (χ1v) is 12.7. The lowest BCUT2D eigenvalue weighted by molar-refractivity contribution is -0.116. The summed E-state index contributed by atoms with van der Waals surface area (Å²) in [6, 6.07) is 17.9.